The van der Waals surface area contributed by atoms with Gasteiger partial charge in [-0.05, 0) is 23.7 Å². The Morgan fingerprint density at radius 1 is 1.40 bits per heavy atom. The molecular formula is C13H12ClF5N3O2S+. The third kappa shape index (κ3) is 4.53. The molecule has 1 heterocycles. The van der Waals surface area contributed by atoms with Crippen molar-refractivity contribution < 1.29 is 31.5 Å². The van der Waals surface area contributed by atoms with E-state index in [-0.39, 0.29) is 0 Å². The Hall–Kier alpha value is -1.59. The maximum Gasteiger partial charge on any atom is 0.506 e. The molecule has 25 heavy (non-hydrogen) atoms. The Balaban J connectivity index is 2.09. The van der Waals surface area contributed by atoms with Gasteiger partial charge in [0.25, 0.3) is 5.91 Å². The van der Waals surface area contributed by atoms with Crippen LogP contribution in [-0.4, -0.2) is 46.7 Å². The minimum Gasteiger partial charge on any atom is -0.313 e. The average Bonchev–Trinajstić information content (AvgIpc) is 2.89. The summed E-state index contributed by atoms with van der Waals surface area (Å²) in [6.07, 6.45) is -5.07. The molecule has 0 saturated heterocycles. The molecule has 0 radical (unpaired) electrons. The highest BCUT2D eigenvalue weighted by atomic mass is 35.5. The van der Waals surface area contributed by atoms with Crippen molar-refractivity contribution in [2.75, 3.05) is 18.6 Å². The molecule has 1 aromatic carbocycles. The molecule has 0 N–H and O–H groups in total. The number of nitrogens with zero attached hydrogens (tertiary/aromatic N) is 3. The monoisotopic (exact) mass is 404 g/mol. The van der Waals surface area contributed by atoms with Crippen LogP contribution in [0.15, 0.2) is 35.4 Å². The standard InChI is InChI=1S/C13H12ClF5N3O2S/c1-21(8-5-3-2-4-6-8)9(23)7-24-12-22(13(17,18)19)20-10(14)25(12)11(15)16/h2-6,11-12H,7H2,1H3/q+1. The summed E-state index contributed by atoms with van der Waals surface area (Å²) in [4.78, 5) is 13.2. The number of anilines is 1. The van der Waals surface area contributed by atoms with E-state index in [9.17, 15) is 26.7 Å². The largest absolute Gasteiger partial charge is 0.506 e. The number of carbonyl (C=O) groups is 1. The van der Waals surface area contributed by atoms with Crippen LogP contribution < -0.4 is 4.90 Å². The number of amides is 1. The summed E-state index contributed by atoms with van der Waals surface area (Å²) in [5.74, 6) is -3.93. The highest BCUT2D eigenvalue weighted by Gasteiger charge is 2.62. The SMILES string of the molecule is CN(C(=O)COC1N(C(F)(F)F)N=C(Cl)[S+]1C(F)F)c1ccccc1. The highest BCUT2D eigenvalue weighted by molar-refractivity contribution is 8.14. The van der Waals surface area contributed by atoms with E-state index in [0.29, 0.717) is 5.69 Å². The molecule has 0 aromatic heterocycles. The number of para-hydroxylation sites is 1. The zero-order valence-corrected chi connectivity index (χ0v) is 14.2. The molecule has 1 aliphatic rings. The fourth-order valence-electron chi connectivity index (χ4n) is 1.89. The Labute approximate surface area is 147 Å². The minimum atomic E-state index is -5.07. The summed E-state index contributed by atoms with van der Waals surface area (Å²) in [5.41, 5.74) is -1.72. The lowest BCUT2D eigenvalue weighted by atomic mass is 10.3. The van der Waals surface area contributed by atoms with Gasteiger partial charge in [0.1, 0.15) is 6.61 Å². The van der Waals surface area contributed by atoms with Gasteiger partial charge in [0.15, 0.2) is 10.9 Å². The number of hydrazone groups is 1. The number of alkyl halides is 5. The minimum absolute atomic E-state index is 0.470. The Morgan fingerprint density at radius 2 is 2.00 bits per heavy atom. The van der Waals surface area contributed by atoms with Crippen molar-refractivity contribution in [3.05, 3.63) is 30.3 Å². The van der Waals surface area contributed by atoms with Crippen LogP contribution >= 0.6 is 11.6 Å². The molecule has 5 nitrogen and oxygen atoms in total. The fourth-order valence-corrected chi connectivity index (χ4v) is 3.67. The lowest BCUT2D eigenvalue weighted by Gasteiger charge is -2.23. The van der Waals surface area contributed by atoms with Gasteiger partial charge < -0.3 is 9.64 Å². The van der Waals surface area contributed by atoms with Crippen molar-refractivity contribution in [1.29, 1.82) is 0 Å². The second-order valence-corrected chi connectivity index (χ2v) is 7.18. The summed E-state index contributed by atoms with van der Waals surface area (Å²) < 4.78 is 68.7. The van der Waals surface area contributed by atoms with Gasteiger partial charge in [-0.2, -0.15) is 8.78 Å². The van der Waals surface area contributed by atoms with E-state index >= 15 is 0 Å². The Morgan fingerprint density at radius 3 is 2.52 bits per heavy atom. The van der Waals surface area contributed by atoms with Crippen LogP contribution in [0.25, 0.3) is 0 Å². The normalized spacial score (nSPS) is 20.8. The third-order valence-electron chi connectivity index (χ3n) is 3.12. The van der Waals surface area contributed by atoms with Crippen LogP contribution in [0.5, 0.6) is 0 Å². The first-order valence-electron chi connectivity index (χ1n) is 6.66. The molecule has 1 aromatic rings. The van der Waals surface area contributed by atoms with Crippen LogP contribution in [0, 0.1) is 0 Å². The van der Waals surface area contributed by atoms with Crippen LogP contribution in [0.4, 0.5) is 27.6 Å². The van der Waals surface area contributed by atoms with E-state index in [0.717, 1.165) is 4.90 Å². The first kappa shape index (κ1) is 19.7. The smallest absolute Gasteiger partial charge is 0.313 e. The third-order valence-corrected chi connectivity index (χ3v) is 5.35. The zero-order chi connectivity index (χ0) is 18.8. The molecule has 0 fully saturated rings. The predicted molar refractivity (Wildman–Crippen MR) is 84.1 cm³/mol. The van der Waals surface area contributed by atoms with Gasteiger partial charge in [-0.25, -0.2) is 0 Å². The zero-order valence-electron chi connectivity index (χ0n) is 12.6. The van der Waals surface area contributed by atoms with E-state index < -0.39 is 50.5 Å². The summed E-state index contributed by atoms with van der Waals surface area (Å²) in [7, 11) is -1.03. The van der Waals surface area contributed by atoms with Crippen molar-refractivity contribution in [2.45, 2.75) is 17.6 Å². The van der Waals surface area contributed by atoms with Crippen molar-refractivity contribution in [3.8, 4) is 0 Å². The van der Waals surface area contributed by atoms with E-state index in [4.69, 9.17) is 16.3 Å². The van der Waals surface area contributed by atoms with Crippen LogP contribution in [0.1, 0.15) is 0 Å². The fraction of sp³-hybridized carbons (Fsp3) is 0.385. The molecule has 0 spiro atoms. The average molecular weight is 405 g/mol. The van der Waals surface area contributed by atoms with Gasteiger partial charge in [0, 0.05) is 12.7 Å². The molecule has 0 saturated carbocycles. The van der Waals surface area contributed by atoms with Crippen LogP contribution in [0.3, 0.4) is 0 Å². The predicted octanol–water partition coefficient (Wildman–Crippen LogP) is 3.14. The number of halogens is 6. The molecule has 1 aliphatic heterocycles. The number of benzene rings is 1. The maximum atomic E-state index is 13.0. The highest BCUT2D eigenvalue weighted by Crippen LogP contribution is 2.37. The molecule has 12 heteroatoms. The molecule has 1 amide bonds. The molecule has 2 rings (SSSR count). The lowest BCUT2D eigenvalue weighted by molar-refractivity contribution is -0.273. The van der Waals surface area contributed by atoms with Gasteiger partial charge >= 0.3 is 22.1 Å². The van der Waals surface area contributed by atoms with E-state index in [2.05, 4.69) is 5.10 Å². The number of rotatable bonds is 5. The molecule has 0 bridgehead atoms. The number of hydrogen-bond donors (Lipinski definition) is 0. The first-order valence-corrected chi connectivity index (χ1v) is 8.39. The Kier molecular flexibility index (Phi) is 6.12. The van der Waals surface area contributed by atoms with Crippen molar-refractivity contribution in [2.24, 2.45) is 5.10 Å². The first-order chi connectivity index (χ1) is 11.6. The number of hydrogen-bond acceptors (Lipinski definition) is 4. The summed E-state index contributed by atoms with van der Waals surface area (Å²) in [6.45, 7) is -0.849. The molecule has 2 unspecified atom stereocenters. The second-order valence-electron chi connectivity index (χ2n) is 4.70. The summed E-state index contributed by atoms with van der Waals surface area (Å²) in [6, 6.07) is 8.22. The molecule has 0 aliphatic carbocycles. The van der Waals surface area contributed by atoms with E-state index in [1.54, 1.807) is 30.3 Å². The lowest BCUT2D eigenvalue weighted by Crippen LogP contribution is -2.47. The number of ether oxygens (including phenoxy) is 1. The maximum absolute atomic E-state index is 13.0. The Bertz CT molecular complexity index is 646. The van der Waals surface area contributed by atoms with Crippen LogP contribution in [0.2, 0.25) is 0 Å². The summed E-state index contributed by atoms with van der Waals surface area (Å²) in [5, 5.41) is 2.30. The summed E-state index contributed by atoms with van der Waals surface area (Å²) >= 11 is 5.41. The molecule has 138 valence electrons. The van der Waals surface area contributed by atoms with Gasteiger partial charge in [-0.15, -0.1) is 23.3 Å². The topological polar surface area (TPSA) is 45.1 Å². The van der Waals surface area contributed by atoms with Crippen molar-refractivity contribution >= 4 is 38.6 Å². The van der Waals surface area contributed by atoms with Gasteiger partial charge in [0.2, 0.25) is 0 Å². The quantitative estimate of drug-likeness (QED) is 0.430. The number of likely N-dealkylation sites (N-methyl/N-ethyl adjacent to an activating group) is 1. The second kappa shape index (κ2) is 7.75. The number of carbonyl (C=O) groups excluding carboxylic acids is 1. The van der Waals surface area contributed by atoms with E-state index in [1.165, 1.54) is 7.05 Å². The van der Waals surface area contributed by atoms with Gasteiger partial charge in [-0.3, -0.25) is 4.79 Å². The van der Waals surface area contributed by atoms with Gasteiger partial charge in [-0.1, -0.05) is 18.2 Å². The molecular weight excluding hydrogens is 393 g/mol. The van der Waals surface area contributed by atoms with Crippen LogP contribution in [-0.2, 0) is 20.4 Å². The molecule has 2 atom stereocenters. The van der Waals surface area contributed by atoms with Crippen molar-refractivity contribution in [3.63, 3.8) is 0 Å². The van der Waals surface area contributed by atoms with E-state index in [1.807, 2.05) is 0 Å². The van der Waals surface area contributed by atoms with Gasteiger partial charge in [0.05, 0.1) is 0 Å². The van der Waals surface area contributed by atoms with Crippen molar-refractivity contribution in [1.82, 2.24) is 5.01 Å².